The number of hydrogen-bond acceptors (Lipinski definition) is 3. The van der Waals surface area contributed by atoms with E-state index < -0.39 is 56.9 Å². The highest BCUT2D eigenvalue weighted by molar-refractivity contribution is 8.01. The minimum absolute atomic E-state index is 4.67. The van der Waals surface area contributed by atoms with Gasteiger partial charge in [-0.3, -0.25) is 9.35 Å². The number of alkyl halides is 15. The molecule has 4 nitrogen and oxygen atoms in total. The Bertz CT molecular complexity index is 734. The van der Waals surface area contributed by atoms with Crippen molar-refractivity contribution in [1.82, 2.24) is 0 Å². The summed E-state index contributed by atoms with van der Waals surface area (Å²) in [5.41, 5.74) is 0. The Morgan fingerprint density at radius 3 is 1.04 bits per heavy atom. The molecule has 0 fully saturated rings. The summed E-state index contributed by atoms with van der Waals surface area (Å²) in [6.07, 6.45) is -7.79. The van der Waals surface area contributed by atoms with Crippen LogP contribution in [0.3, 0.4) is 0 Å². The van der Waals surface area contributed by atoms with Gasteiger partial charge in [-0.1, -0.05) is 0 Å². The monoisotopic (exact) mass is 478 g/mol. The van der Waals surface area contributed by atoms with Gasteiger partial charge in [0.1, 0.15) is 0 Å². The molecule has 28 heavy (non-hydrogen) atoms. The third-order valence-corrected chi connectivity index (χ3v) is 3.54. The maximum Gasteiger partial charge on any atom is 0.460 e. The van der Waals surface area contributed by atoms with E-state index in [-0.39, 0.29) is 0 Å². The standard InChI is InChI=1S/C8HF15O4S/c9-2(10,1(24)28(25,26)27)3(11,12)4(13,14)5(15,16)6(17,18)7(19,20)8(21,22)23/h(H,25,26,27). The summed E-state index contributed by atoms with van der Waals surface area (Å²) in [4.78, 5) is 10.4. The Labute approximate surface area is 142 Å². The van der Waals surface area contributed by atoms with Crippen LogP contribution in [0.1, 0.15) is 0 Å². The fraction of sp³-hybridized carbons (Fsp3) is 0.875. The fourth-order valence-corrected chi connectivity index (χ4v) is 1.71. The van der Waals surface area contributed by atoms with Crippen molar-refractivity contribution in [3.63, 3.8) is 0 Å². The maximum atomic E-state index is 13.0. The van der Waals surface area contributed by atoms with Crippen LogP contribution in [0.5, 0.6) is 0 Å². The van der Waals surface area contributed by atoms with Crippen molar-refractivity contribution in [2.75, 3.05) is 0 Å². The molecule has 1 N–H and O–H groups in total. The zero-order chi connectivity index (χ0) is 23.6. The molecule has 0 amide bonds. The Balaban J connectivity index is 6.76. The predicted molar refractivity (Wildman–Crippen MR) is 52.3 cm³/mol. The van der Waals surface area contributed by atoms with Crippen molar-refractivity contribution in [3.8, 4) is 0 Å². The molecule has 0 aliphatic heterocycles. The molecule has 20 heteroatoms. The molecule has 0 aromatic carbocycles. The summed E-state index contributed by atoms with van der Waals surface area (Å²) in [5, 5.41) is -4.67. The van der Waals surface area contributed by atoms with Crippen molar-refractivity contribution in [2.45, 2.75) is 41.7 Å². The van der Waals surface area contributed by atoms with Crippen LogP contribution < -0.4 is 0 Å². The van der Waals surface area contributed by atoms with Crippen molar-refractivity contribution >= 4 is 15.2 Å². The first-order valence-corrected chi connectivity index (χ1v) is 6.95. The quantitative estimate of drug-likeness (QED) is 0.466. The highest BCUT2D eigenvalue weighted by atomic mass is 32.2. The van der Waals surface area contributed by atoms with Crippen molar-refractivity contribution < 1.29 is 83.6 Å². The molecule has 0 rings (SSSR count). The Morgan fingerprint density at radius 1 is 0.536 bits per heavy atom. The molecular formula is C8HF15O4S. The van der Waals surface area contributed by atoms with Crippen LogP contribution in [0.2, 0.25) is 0 Å². The number of halogens is 15. The second kappa shape index (κ2) is 6.26. The van der Waals surface area contributed by atoms with Gasteiger partial charge in [0.05, 0.1) is 0 Å². The molecule has 0 saturated heterocycles. The van der Waals surface area contributed by atoms with Crippen molar-refractivity contribution in [2.24, 2.45) is 0 Å². The minimum atomic E-state index is -8.66. The van der Waals surface area contributed by atoms with Crippen LogP contribution in [-0.2, 0) is 14.9 Å². The first-order chi connectivity index (χ1) is 11.7. The average Bonchev–Trinajstić information content (AvgIpc) is 2.42. The molecule has 0 bridgehead atoms. The van der Waals surface area contributed by atoms with E-state index in [9.17, 15) is 79.1 Å². The summed E-state index contributed by atoms with van der Waals surface area (Å²) >= 11 is 0. The third-order valence-electron chi connectivity index (χ3n) is 2.82. The van der Waals surface area contributed by atoms with Crippen LogP contribution in [0, 0.1) is 0 Å². The molecule has 0 aliphatic carbocycles. The lowest BCUT2D eigenvalue weighted by Gasteiger charge is -2.40. The lowest BCUT2D eigenvalue weighted by Crippen LogP contribution is -2.73. The molecule has 0 aliphatic rings. The van der Waals surface area contributed by atoms with E-state index in [1.807, 2.05) is 0 Å². The van der Waals surface area contributed by atoms with Crippen molar-refractivity contribution in [3.05, 3.63) is 0 Å². The zero-order valence-electron chi connectivity index (χ0n) is 11.7. The fourth-order valence-electron chi connectivity index (χ4n) is 1.26. The highest BCUT2D eigenvalue weighted by Gasteiger charge is 2.94. The Kier molecular flexibility index (Phi) is 5.93. The van der Waals surface area contributed by atoms with Gasteiger partial charge >= 0.3 is 56.9 Å². The summed E-state index contributed by atoms with van der Waals surface area (Å²) < 4.78 is 218. The Hall–Kier alpha value is -1.47. The number of rotatable bonds is 6. The van der Waals surface area contributed by atoms with E-state index in [0.29, 0.717) is 0 Å². The van der Waals surface area contributed by atoms with Gasteiger partial charge in [-0.25, -0.2) is 0 Å². The van der Waals surface area contributed by atoms with Gasteiger partial charge in [0.15, 0.2) is 0 Å². The SMILES string of the molecule is O=C(C(F)(F)C(F)(F)C(F)(F)C(F)(F)C(F)(F)C(F)(F)C(F)(F)F)S(=O)(=O)O. The molecule has 0 aromatic rings. The van der Waals surface area contributed by atoms with Crippen LogP contribution in [0.25, 0.3) is 0 Å². The van der Waals surface area contributed by atoms with Crippen LogP contribution in [-0.4, -0.2) is 59.8 Å². The van der Waals surface area contributed by atoms with E-state index >= 15 is 0 Å². The van der Waals surface area contributed by atoms with E-state index in [1.165, 1.54) is 0 Å². The zero-order valence-corrected chi connectivity index (χ0v) is 12.6. The maximum absolute atomic E-state index is 13.0. The normalized spacial score (nSPS) is 16.3. The lowest BCUT2D eigenvalue weighted by molar-refractivity contribution is -0.449. The molecule has 0 heterocycles. The van der Waals surface area contributed by atoms with Gasteiger partial charge < -0.3 is 0 Å². The lowest BCUT2D eigenvalue weighted by atomic mass is 9.91. The summed E-state index contributed by atoms with van der Waals surface area (Å²) in [6, 6.07) is 0. The molecular weight excluding hydrogens is 477 g/mol. The first-order valence-electron chi connectivity index (χ1n) is 5.51. The molecule has 0 saturated carbocycles. The number of hydrogen-bond donors (Lipinski definition) is 1. The molecule has 0 spiro atoms. The Morgan fingerprint density at radius 2 is 0.786 bits per heavy atom. The van der Waals surface area contributed by atoms with E-state index in [4.69, 9.17) is 4.55 Å². The highest BCUT2D eigenvalue weighted by Crippen LogP contribution is 2.62. The average molecular weight is 478 g/mol. The smallest absolute Gasteiger partial charge is 0.279 e. The van der Waals surface area contributed by atoms with Crippen molar-refractivity contribution in [1.29, 1.82) is 0 Å². The molecule has 0 aromatic heterocycles. The topological polar surface area (TPSA) is 71.4 Å². The minimum Gasteiger partial charge on any atom is -0.279 e. The molecule has 168 valence electrons. The van der Waals surface area contributed by atoms with Gasteiger partial charge in [0.25, 0.3) is 0 Å². The van der Waals surface area contributed by atoms with E-state index in [0.717, 1.165) is 0 Å². The van der Waals surface area contributed by atoms with Gasteiger partial charge in [-0.05, 0) is 0 Å². The summed E-state index contributed by atoms with van der Waals surface area (Å²) in [6.45, 7) is 0. The van der Waals surface area contributed by atoms with E-state index in [1.54, 1.807) is 0 Å². The van der Waals surface area contributed by atoms with Gasteiger partial charge in [-0.15, -0.1) is 0 Å². The number of carbonyl (C=O) groups is 1. The summed E-state index contributed by atoms with van der Waals surface area (Å²) in [7, 11) is -7.10. The first kappa shape index (κ1) is 26.5. The van der Waals surface area contributed by atoms with Gasteiger partial charge in [-0.2, -0.15) is 74.3 Å². The third kappa shape index (κ3) is 3.26. The van der Waals surface area contributed by atoms with Crippen LogP contribution in [0.4, 0.5) is 65.9 Å². The van der Waals surface area contributed by atoms with Crippen LogP contribution >= 0.6 is 0 Å². The largest absolute Gasteiger partial charge is 0.460 e. The summed E-state index contributed by atoms with van der Waals surface area (Å²) in [5.74, 6) is -50.0. The molecule has 0 unspecified atom stereocenters. The van der Waals surface area contributed by atoms with Crippen LogP contribution in [0.15, 0.2) is 0 Å². The number of carbonyl (C=O) groups excluding carboxylic acids is 1. The second-order valence-corrected chi connectivity index (χ2v) is 6.03. The van der Waals surface area contributed by atoms with E-state index in [2.05, 4.69) is 0 Å². The molecule has 0 radical (unpaired) electrons. The van der Waals surface area contributed by atoms with Gasteiger partial charge in [0.2, 0.25) is 0 Å². The molecule has 0 atom stereocenters. The predicted octanol–water partition coefficient (Wildman–Crippen LogP) is 3.77. The second-order valence-electron chi connectivity index (χ2n) is 4.71. The van der Waals surface area contributed by atoms with Gasteiger partial charge in [0, 0.05) is 0 Å².